The Bertz CT molecular complexity index is 953. The van der Waals surface area contributed by atoms with Crippen LogP contribution in [0.5, 0.6) is 0 Å². The second-order valence-electron chi connectivity index (χ2n) is 7.45. The van der Waals surface area contributed by atoms with E-state index in [4.69, 9.17) is 0 Å². The SMILES string of the molecule is O=C(Nc1ccc(NCCc2ccccn2)cc1)c1cccnc1N1CCCCC1. The van der Waals surface area contributed by atoms with Crippen molar-refractivity contribution < 1.29 is 4.79 Å². The molecular formula is C24H27N5O. The summed E-state index contributed by atoms with van der Waals surface area (Å²) in [6, 6.07) is 17.4. The standard InChI is InChI=1S/C24H27N5O/c30-24(22-8-6-15-27-23(22)29-17-4-1-5-18-29)28-21-11-9-20(10-12-21)26-16-13-19-7-2-3-14-25-19/h2-3,6-12,14-15,26H,1,4-5,13,16-18H2,(H,28,30). The lowest BCUT2D eigenvalue weighted by atomic mass is 10.1. The van der Waals surface area contributed by atoms with Crippen molar-refractivity contribution in [2.75, 3.05) is 35.2 Å². The number of amides is 1. The highest BCUT2D eigenvalue weighted by Gasteiger charge is 2.19. The lowest BCUT2D eigenvalue weighted by Crippen LogP contribution is -2.32. The first kappa shape index (κ1) is 19.9. The predicted molar refractivity (Wildman–Crippen MR) is 121 cm³/mol. The van der Waals surface area contributed by atoms with Gasteiger partial charge in [-0.3, -0.25) is 9.78 Å². The summed E-state index contributed by atoms with van der Waals surface area (Å²) in [6.07, 6.45) is 7.96. The van der Waals surface area contributed by atoms with E-state index in [1.54, 1.807) is 6.20 Å². The normalized spacial score (nSPS) is 13.7. The Kier molecular flexibility index (Phi) is 6.54. The monoisotopic (exact) mass is 401 g/mol. The summed E-state index contributed by atoms with van der Waals surface area (Å²) in [5.74, 6) is 0.655. The van der Waals surface area contributed by atoms with E-state index in [1.165, 1.54) is 6.42 Å². The lowest BCUT2D eigenvalue weighted by Gasteiger charge is -2.29. The minimum Gasteiger partial charge on any atom is -0.385 e. The summed E-state index contributed by atoms with van der Waals surface area (Å²) >= 11 is 0. The van der Waals surface area contributed by atoms with Gasteiger partial charge in [-0.2, -0.15) is 0 Å². The first-order chi connectivity index (χ1) is 14.8. The molecule has 0 bridgehead atoms. The van der Waals surface area contributed by atoms with Crippen LogP contribution in [0.2, 0.25) is 0 Å². The molecular weight excluding hydrogens is 374 g/mol. The molecule has 0 spiro atoms. The van der Waals surface area contributed by atoms with Crippen molar-refractivity contribution in [2.45, 2.75) is 25.7 Å². The second kappa shape index (κ2) is 9.87. The van der Waals surface area contributed by atoms with E-state index in [-0.39, 0.29) is 5.91 Å². The van der Waals surface area contributed by atoms with E-state index in [0.717, 1.165) is 61.8 Å². The van der Waals surface area contributed by atoms with E-state index in [9.17, 15) is 4.79 Å². The van der Waals surface area contributed by atoms with Crippen LogP contribution in [0.1, 0.15) is 35.3 Å². The molecule has 0 aliphatic carbocycles. The fourth-order valence-corrected chi connectivity index (χ4v) is 3.68. The van der Waals surface area contributed by atoms with Crippen LogP contribution in [0, 0.1) is 0 Å². The number of rotatable bonds is 7. The molecule has 1 saturated heterocycles. The molecule has 0 radical (unpaired) electrons. The molecule has 6 heteroatoms. The fourth-order valence-electron chi connectivity index (χ4n) is 3.68. The maximum absolute atomic E-state index is 12.9. The zero-order chi connectivity index (χ0) is 20.6. The van der Waals surface area contributed by atoms with Gasteiger partial charge in [0.15, 0.2) is 0 Å². The van der Waals surface area contributed by atoms with Gasteiger partial charge in [-0.1, -0.05) is 6.07 Å². The first-order valence-corrected chi connectivity index (χ1v) is 10.5. The molecule has 0 unspecified atom stereocenters. The Morgan fingerprint density at radius 1 is 0.867 bits per heavy atom. The van der Waals surface area contributed by atoms with Crippen LogP contribution >= 0.6 is 0 Å². The number of pyridine rings is 2. The molecule has 1 aliphatic heterocycles. The third-order valence-corrected chi connectivity index (χ3v) is 5.27. The number of hydrogen-bond acceptors (Lipinski definition) is 5. The minimum absolute atomic E-state index is 0.125. The minimum atomic E-state index is -0.125. The number of piperidine rings is 1. The van der Waals surface area contributed by atoms with Gasteiger partial charge in [-0.25, -0.2) is 4.98 Å². The molecule has 1 aromatic carbocycles. The zero-order valence-electron chi connectivity index (χ0n) is 17.1. The maximum atomic E-state index is 12.9. The third-order valence-electron chi connectivity index (χ3n) is 5.27. The number of hydrogen-bond donors (Lipinski definition) is 2. The number of benzene rings is 1. The summed E-state index contributed by atoms with van der Waals surface area (Å²) in [4.78, 5) is 23.9. The average molecular weight is 402 g/mol. The highest BCUT2D eigenvalue weighted by molar-refractivity contribution is 6.07. The van der Waals surface area contributed by atoms with Crippen LogP contribution < -0.4 is 15.5 Å². The van der Waals surface area contributed by atoms with Gasteiger partial charge in [0, 0.05) is 55.5 Å². The predicted octanol–water partition coefficient (Wildman–Crippen LogP) is 4.37. The number of nitrogens with one attached hydrogen (secondary N) is 2. The van der Waals surface area contributed by atoms with Crippen molar-refractivity contribution in [3.8, 4) is 0 Å². The van der Waals surface area contributed by atoms with Crippen molar-refractivity contribution in [2.24, 2.45) is 0 Å². The zero-order valence-corrected chi connectivity index (χ0v) is 17.1. The summed E-state index contributed by atoms with van der Waals surface area (Å²) in [5, 5.41) is 6.39. The Hall–Kier alpha value is -3.41. The Morgan fingerprint density at radius 2 is 1.63 bits per heavy atom. The van der Waals surface area contributed by atoms with Crippen molar-refractivity contribution in [3.05, 3.63) is 78.2 Å². The van der Waals surface area contributed by atoms with E-state index in [2.05, 4.69) is 25.5 Å². The van der Waals surface area contributed by atoms with Gasteiger partial charge < -0.3 is 15.5 Å². The first-order valence-electron chi connectivity index (χ1n) is 10.5. The van der Waals surface area contributed by atoms with Gasteiger partial charge in [0.2, 0.25) is 0 Å². The van der Waals surface area contributed by atoms with Crippen molar-refractivity contribution in [3.63, 3.8) is 0 Å². The number of carbonyl (C=O) groups is 1. The van der Waals surface area contributed by atoms with Gasteiger partial charge in [0.25, 0.3) is 5.91 Å². The molecule has 2 N–H and O–H groups in total. The summed E-state index contributed by atoms with van der Waals surface area (Å²) in [7, 11) is 0. The quantitative estimate of drug-likeness (QED) is 0.615. The molecule has 154 valence electrons. The molecule has 1 amide bonds. The molecule has 1 fully saturated rings. The van der Waals surface area contributed by atoms with E-state index in [0.29, 0.717) is 5.56 Å². The molecule has 30 heavy (non-hydrogen) atoms. The Morgan fingerprint density at radius 3 is 2.40 bits per heavy atom. The van der Waals surface area contributed by atoms with E-state index < -0.39 is 0 Å². The number of carbonyl (C=O) groups excluding carboxylic acids is 1. The summed E-state index contributed by atoms with van der Waals surface area (Å²) in [5.41, 5.74) is 3.47. The topological polar surface area (TPSA) is 70.1 Å². The molecule has 0 atom stereocenters. The highest BCUT2D eigenvalue weighted by Crippen LogP contribution is 2.23. The van der Waals surface area contributed by atoms with Crippen LogP contribution in [0.15, 0.2) is 67.0 Å². The van der Waals surface area contributed by atoms with Crippen molar-refractivity contribution in [1.82, 2.24) is 9.97 Å². The number of aromatic nitrogens is 2. The Balaban J connectivity index is 1.35. The fraction of sp³-hybridized carbons (Fsp3) is 0.292. The lowest BCUT2D eigenvalue weighted by molar-refractivity contribution is 0.102. The van der Waals surface area contributed by atoms with Crippen molar-refractivity contribution in [1.29, 1.82) is 0 Å². The van der Waals surface area contributed by atoms with E-state index in [1.807, 2.05) is 60.8 Å². The number of anilines is 3. The summed E-state index contributed by atoms with van der Waals surface area (Å²) in [6.45, 7) is 2.71. The smallest absolute Gasteiger partial charge is 0.259 e. The average Bonchev–Trinajstić information content (AvgIpc) is 2.81. The highest BCUT2D eigenvalue weighted by atomic mass is 16.1. The van der Waals surface area contributed by atoms with Crippen LogP contribution in [0.25, 0.3) is 0 Å². The van der Waals surface area contributed by atoms with Crippen LogP contribution in [0.4, 0.5) is 17.2 Å². The molecule has 4 rings (SSSR count). The summed E-state index contributed by atoms with van der Waals surface area (Å²) < 4.78 is 0. The van der Waals surface area contributed by atoms with Gasteiger partial charge in [0.05, 0.1) is 5.56 Å². The van der Waals surface area contributed by atoms with Gasteiger partial charge in [-0.05, 0) is 67.8 Å². The van der Waals surface area contributed by atoms with Gasteiger partial charge in [-0.15, -0.1) is 0 Å². The molecule has 2 aromatic heterocycles. The number of nitrogens with zero attached hydrogens (tertiary/aromatic N) is 3. The second-order valence-corrected chi connectivity index (χ2v) is 7.45. The van der Waals surface area contributed by atoms with E-state index >= 15 is 0 Å². The molecule has 3 aromatic rings. The molecule has 0 saturated carbocycles. The Labute approximate surface area is 177 Å². The molecule has 3 heterocycles. The van der Waals surface area contributed by atoms with Gasteiger partial charge >= 0.3 is 0 Å². The largest absolute Gasteiger partial charge is 0.385 e. The maximum Gasteiger partial charge on any atom is 0.259 e. The van der Waals surface area contributed by atoms with Crippen LogP contribution in [0.3, 0.4) is 0 Å². The molecule has 1 aliphatic rings. The van der Waals surface area contributed by atoms with Crippen molar-refractivity contribution >= 4 is 23.1 Å². The third kappa shape index (κ3) is 5.14. The van der Waals surface area contributed by atoms with Crippen LogP contribution in [-0.4, -0.2) is 35.5 Å². The van der Waals surface area contributed by atoms with Gasteiger partial charge in [0.1, 0.15) is 5.82 Å². The molecule has 6 nitrogen and oxygen atoms in total. The van der Waals surface area contributed by atoms with Crippen LogP contribution in [-0.2, 0) is 6.42 Å².